The van der Waals surface area contributed by atoms with E-state index in [1.807, 2.05) is 60.7 Å². The Morgan fingerprint density at radius 2 is 1.62 bits per heavy atom. The number of carbonyl (C=O) groups is 1. The number of hydrogen-bond donors (Lipinski definition) is 1. The summed E-state index contributed by atoms with van der Waals surface area (Å²) in [6.07, 6.45) is 1.24. The van der Waals surface area contributed by atoms with Gasteiger partial charge in [-0.3, -0.25) is 4.79 Å². The lowest BCUT2D eigenvalue weighted by Crippen LogP contribution is -2.33. The van der Waals surface area contributed by atoms with Crippen LogP contribution in [0.15, 0.2) is 65.5 Å². The van der Waals surface area contributed by atoms with Crippen LogP contribution in [0.5, 0.6) is 0 Å². The summed E-state index contributed by atoms with van der Waals surface area (Å²) in [5.41, 5.74) is 3.37. The summed E-state index contributed by atoms with van der Waals surface area (Å²) in [5.74, 6) is 0.653. The molecule has 148 valence electrons. The van der Waals surface area contributed by atoms with E-state index in [2.05, 4.69) is 9.97 Å². The number of aromatic amines is 1. The number of amides is 1. The number of fused-ring (bicyclic) bond motifs is 1. The molecular weight excluding hydrogens is 366 g/mol. The van der Waals surface area contributed by atoms with Crippen molar-refractivity contribution in [2.75, 3.05) is 13.1 Å². The number of nitrogens with one attached hydrogen (secondary N) is 1. The fourth-order valence-electron chi connectivity index (χ4n) is 3.53. The number of carbonyl (C=O) groups excluding carboxylic acids is 1. The monoisotopic (exact) mass is 389 g/mol. The zero-order valence-corrected chi connectivity index (χ0v) is 16.1. The largest absolute Gasteiger partial charge is 0.445 e. The fourth-order valence-corrected chi connectivity index (χ4v) is 3.53. The summed E-state index contributed by atoms with van der Waals surface area (Å²) >= 11 is 0. The molecule has 2 heterocycles. The van der Waals surface area contributed by atoms with Crippen molar-refractivity contribution in [3.05, 3.63) is 99.2 Å². The first-order chi connectivity index (χ1) is 14.2. The second-order valence-electron chi connectivity index (χ2n) is 7.13. The van der Waals surface area contributed by atoms with Crippen molar-refractivity contribution in [2.45, 2.75) is 25.9 Å². The van der Waals surface area contributed by atoms with E-state index in [1.165, 1.54) is 0 Å². The van der Waals surface area contributed by atoms with Gasteiger partial charge in [0.15, 0.2) is 0 Å². The first-order valence-corrected chi connectivity index (χ1v) is 9.79. The number of ether oxygens (including phenoxy) is 1. The molecule has 0 fully saturated rings. The molecule has 6 nitrogen and oxygen atoms in total. The van der Waals surface area contributed by atoms with Gasteiger partial charge in [-0.05, 0) is 17.5 Å². The van der Waals surface area contributed by atoms with Gasteiger partial charge in [0.25, 0.3) is 5.56 Å². The molecule has 0 aliphatic carbocycles. The maximum Gasteiger partial charge on any atom is 0.410 e. The van der Waals surface area contributed by atoms with Crippen LogP contribution in [0, 0.1) is 0 Å². The minimum atomic E-state index is -0.359. The Balaban J connectivity index is 1.42. The van der Waals surface area contributed by atoms with Crippen LogP contribution >= 0.6 is 0 Å². The van der Waals surface area contributed by atoms with E-state index >= 15 is 0 Å². The third kappa shape index (κ3) is 4.71. The highest BCUT2D eigenvalue weighted by Crippen LogP contribution is 2.14. The molecule has 29 heavy (non-hydrogen) atoms. The minimum absolute atomic E-state index is 0.111. The van der Waals surface area contributed by atoms with Crippen LogP contribution in [0.4, 0.5) is 4.79 Å². The lowest BCUT2D eigenvalue weighted by molar-refractivity contribution is 0.0977. The molecule has 0 unspecified atom stereocenters. The van der Waals surface area contributed by atoms with E-state index in [-0.39, 0.29) is 18.3 Å². The molecule has 1 aromatic heterocycles. The number of nitrogens with zero attached hydrogens (tertiary/aromatic N) is 2. The fraction of sp³-hybridized carbons (Fsp3) is 0.261. The average Bonchev–Trinajstić information content (AvgIpc) is 2.97. The van der Waals surface area contributed by atoms with E-state index < -0.39 is 0 Å². The second kappa shape index (κ2) is 8.73. The molecule has 3 aromatic rings. The molecule has 1 amide bonds. The molecule has 4 rings (SSSR count). The number of rotatable bonds is 4. The zero-order valence-electron chi connectivity index (χ0n) is 16.1. The summed E-state index contributed by atoms with van der Waals surface area (Å²) in [7, 11) is 0. The molecule has 6 heteroatoms. The molecule has 0 radical (unpaired) electrons. The Morgan fingerprint density at radius 1 is 0.966 bits per heavy atom. The van der Waals surface area contributed by atoms with E-state index in [0.29, 0.717) is 43.7 Å². The van der Waals surface area contributed by atoms with Gasteiger partial charge < -0.3 is 14.6 Å². The number of benzene rings is 2. The molecule has 0 saturated carbocycles. The van der Waals surface area contributed by atoms with Crippen molar-refractivity contribution in [2.24, 2.45) is 0 Å². The van der Waals surface area contributed by atoms with Gasteiger partial charge in [0.2, 0.25) is 0 Å². The number of hydrogen-bond acceptors (Lipinski definition) is 4. The normalized spacial score (nSPS) is 13.4. The SMILES string of the molecule is O=C(OCc1ccccc1)N1CCc2nc(Cc3ccccc3)[nH]c(=O)c2CC1. The topological polar surface area (TPSA) is 75.3 Å². The molecule has 2 aromatic carbocycles. The van der Waals surface area contributed by atoms with Crippen molar-refractivity contribution in [1.29, 1.82) is 0 Å². The summed E-state index contributed by atoms with van der Waals surface area (Å²) in [5, 5.41) is 0. The standard InChI is InChI=1S/C23H23N3O3/c27-22-19-11-13-26(23(28)29-16-18-9-5-2-6-10-18)14-12-20(19)24-21(25-22)15-17-7-3-1-4-8-17/h1-10H,11-16H2,(H,24,25,27). The maximum absolute atomic E-state index is 12.6. The van der Waals surface area contributed by atoms with E-state index in [1.54, 1.807) is 4.90 Å². The predicted molar refractivity (Wildman–Crippen MR) is 110 cm³/mol. The van der Waals surface area contributed by atoms with E-state index in [9.17, 15) is 9.59 Å². The van der Waals surface area contributed by atoms with Crippen LogP contribution in [0.3, 0.4) is 0 Å². The third-order valence-corrected chi connectivity index (χ3v) is 5.08. The average molecular weight is 389 g/mol. The van der Waals surface area contributed by atoms with Gasteiger partial charge in [-0.2, -0.15) is 0 Å². The predicted octanol–water partition coefficient (Wildman–Crippen LogP) is 3.10. The molecular formula is C23H23N3O3. The van der Waals surface area contributed by atoms with Gasteiger partial charge in [-0.25, -0.2) is 9.78 Å². The highest BCUT2D eigenvalue weighted by Gasteiger charge is 2.22. The Labute approximate surface area is 169 Å². The molecule has 0 spiro atoms. The highest BCUT2D eigenvalue weighted by molar-refractivity contribution is 5.67. The smallest absolute Gasteiger partial charge is 0.410 e. The summed E-state index contributed by atoms with van der Waals surface area (Å²) in [6, 6.07) is 19.5. The van der Waals surface area contributed by atoms with Gasteiger partial charge >= 0.3 is 6.09 Å². The number of aromatic nitrogens is 2. The lowest BCUT2D eigenvalue weighted by atomic mass is 10.1. The van der Waals surface area contributed by atoms with Gasteiger partial charge in [-0.1, -0.05) is 60.7 Å². The molecule has 0 atom stereocenters. The van der Waals surface area contributed by atoms with Crippen LogP contribution < -0.4 is 5.56 Å². The van der Waals surface area contributed by atoms with E-state index in [4.69, 9.17) is 4.74 Å². The molecule has 0 bridgehead atoms. The Kier molecular flexibility index (Phi) is 5.70. The van der Waals surface area contributed by atoms with Crippen LogP contribution in [-0.4, -0.2) is 34.1 Å². The van der Waals surface area contributed by atoms with Crippen molar-refractivity contribution in [3.8, 4) is 0 Å². The van der Waals surface area contributed by atoms with Crippen LogP contribution in [-0.2, 0) is 30.6 Å². The highest BCUT2D eigenvalue weighted by atomic mass is 16.6. The van der Waals surface area contributed by atoms with Crippen molar-refractivity contribution >= 4 is 6.09 Å². The van der Waals surface area contributed by atoms with Gasteiger partial charge in [-0.15, -0.1) is 0 Å². The summed E-state index contributed by atoms with van der Waals surface area (Å²) < 4.78 is 5.44. The summed E-state index contributed by atoms with van der Waals surface area (Å²) in [4.78, 5) is 34.3. The van der Waals surface area contributed by atoms with Crippen molar-refractivity contribution < 1.29 is 9.53 Å². The molecule has 1 aliphatic heterocycles. The Bertz CT molecular complexity index is 1030. The number of H-pyrrole nitrogens is 1. The Hall–Kier alpha value is -3.41. The van der Waals surface area contributed by atoms with E-state index in [0.717, 1.165) is 16.8 Å². The summed E-state index contributed by atoms with van der Waals surface area (Å²) in [6.45, 7) is 1.18. The first-order valence-electron chi connectivity index (χ1n) is 9.79. The van der Waals surface area contributed by atoms with Gasteiger partial charge in [0, 0.05) is 31.5 Å². The van der Waals surface area contributed by atoms with Crippen LogP contribution in [0.1, 0.15) is 28.2 Å². The first kappa shape index (κ1) is 18.9. The van der Waals surface area contributed by atoms with Crippen molar-refractivity contribution in [3.63, 3.8) is 0 Å². The zero-order chi connectivity index (χ0) is 20.1. The maximum atomic E-state index is 12.6. The molecule has 1 aliphatic rings. The quantitative estimate of drug-likeness (QED) is 0.744. The van der Waals surface area contributed by atoms with Crippen LogP contribution in [0.25, 0.3) is 0 Å². The van der Waals surface area contributed by atoms with Crippen molar-refractivity contribution in [1.82, 2.24) is 14.9 Å². The molecule has 0 saturated heterocycles. The van der Waals surface area contributed by atoms with Crippen LogP contribution in [0.2, 0.25) is 0 Å². The third-order valence-electron chi connectivity index (χ3n) is 5.08. The minimum Gasteiger partial charge on any atom is -0.445 e. The van der Waals surface area contributed by atoms with Gasteiger partial charge in [0.05, 0.1) is 5.69 Å². The molecule has 1 N–H and O–H groups in total. The Morgan fingerprint density at radius 3 is 2.34 bits per heavy atom. The van der Waals surface area contributed by atoms with Gasteiger partial charge in [0.1, 0.15) is 12.4 Å². The lowest BCUT2D eigenvalue weighted by Gasteiger charge is -2.19. The second-order valence-corrected chi connectivity index (χ2v) is 7.13.